The van der Waals surface area contributed by atoms with E-state index in [-0.39, 0.29) is 0 Å². The molecular formula is C11H14INS. The number of aryl methyl sites for hydroxylation is 1. The quantitative estimate of drug-likeness (QED) is 0.622. The molecule has 14 heavy (non-hydrogen) atoms. The Hall–Kier alpha value is -0.160. The third kappa shape index (κ3) is 3.92. The van der Waals surface area contributed by atoms with Crippen molar-refractivity contribution in [2.45, 2.75) is 12.8 Å². The van der Waals surface area contributed by atoms with Gasteiger partial charge in [-0.2, -0.15) is 0 Å². The minimum atomic E-state index is 0.961. The van der Waals surface area contributed by atoms with E-state index in [1.165, 1.54) is 9.13 Å². The molecule has 3 heteroatoms. The smallest absolute Gasteiger partial charge is 0.0777 e. The molecule has 0 spiro atoms. The van der Waals surface area contributed by atoms with Crippen LogP contribution in [0.2, 0.25) is 0 Å². The number of benzene rings is 1. The molecule has 0 saturated carbocycles. The number of hydrogen-bond acceptors (Lipinski definition) is 1. The van der Waals surface area contributed by atoms with E-state index >= 15 is 0 Å². The molecule has 0 aromatic heterocycles. The molecule has 76 valence electrons. The monoisotopic (exact) mass is 319 g/mol. The van der Waals surface area contributed by atoms with Crippen LogP contribution in [0, 0.1) is 3.57 Å². The van der Waals surface area contributed by atoms with E-state index in [1.54, 1.807) is 0 Å². The van der Waals surface area contributed by atoms with E-state index in [1.807, 2.05) is 19.0 Å². The van der Waals surface area contributed by atoms with Crippen molar-refractivity contribution in [2.75, 3.05) is 14.1 Å². The maximum Gasteiger partial charge on any atom is 0.0777 e. The zero-order valence-corrected chi connectivity index (χ0v) is 11.4. The molecule has 0 saturated heterocycles. The Kier molecular flexibility index (Phi) is 4.81. The van der Waals surface area contributed by atoms with Gasteiger partial charge in [0.25, 0.3) is 0 Å². The van der Waals surface area contributed by atoms with Crippen LogP contribution in [-0.2, 0) is 6.42 Å². The van der Waals surface area contributed by atoms with Gasteiger partial charge in [-0.3, -0.25) is 0 Å². The standard InChI is InChI=1S/C11H14INS/c1-13(2)11(14)8-5-9-3-6-10(12)7-4-9/h3-4,6-7H,5,8H2,1-2H3. The van der Waals surface area contributed by atoms with E-state index in [0.717, 1.165) is 17.8 Å². The van der Waals surface area contributed by atoms with E-state index in [2.05, 4.69) is 46.9 Å². The highest BCUT2D eigenvalue weighted by Crippen LogP contribution is 2.09. The predicted octanol–water partition coefficient (Wildman–Crippen LogP) is 3.11. The van der Waals surface area contributed by atoms with Gasteiger partial charge in [0.05, 0.1) is 4.99 Å². The Morgan fingerprint density at radius 3 is 2.36 bits per heavy atom. The van der Waals surface area contributed by atoms with Crippen molar-refractivity contribution in [3.63, 3.8) is 0 Å². The molecule has 0 aliphatic heterocycles. The SMILES string of the molecule is CN(C)C(=S)CCc1ccc(I)cc1. The molecule has 0 amide bonds. The summed E-state index contributed by atoms with van der Waals surface area (Å²) in [6.45, 7) is 0. The number of halogens is 1. The minimum Gasteiger partial charge on any atom is -0.372 e. The molecule has 0 bridgehead atoms. The Morgan fingerprint density at radius 2 is 1.86 bits per heavy atom. The number of thiocarbonyl (C=S) groups is 1. The molecule has 1 nitrogen and oxygen atoms in total. The summed E-state index contributed by atoms with van der Waals surface area (Å²) in [6.07, 6.45) is 2.00. The van der Waals surface area contributed by atoms with Gasteiger partial charge in [0.2, 0.25) is 0 Å². The van der Waals surface area contributed by atoms with E-state index in [0.29, 0.717) is 0 Å². The third-order valence-electron chi connectivity index (χ3n) is 2.04. The van der Waals surface area contributed by atoms with Crippen LogP contribution in [0.1, 0.15) is 12.0 Å². The van der Waals surface area contributed by atoms with Gasteiger partial charge in [0, 0.05) is 24.1 Å². The van der Waals surface area contributed by atoms with Crippen LogP contribution in [-0.4, -0.2) is 24.0 Å². The summed E-state index contributed by atoms with van der Waals surface area (Å²) in [6, 6.07) is 8.60. The van der Waals surface area contributed by atoms with Crippen LogP contribution in [0.5, 0.6) is 0 Å². The average Bonchev–Trinajstić information content (AvgIpc) is 2.16. The van der Waals surface area contributed by atoms with Gasteiger partial charge in [-0.1, -0.05) is 24.4 Å². The lowest BCUT2D eigenvalue weighted by Crippen LogP contribution is -2.19. The summed E-state index contributed by atoms with van der Waals surface area (Å²) in [5, 5.41) is 0. The van der Waals surface area contributed by atoms with Gasteiger partial charge in [0.15, 0.2) is 0 Å². The van der Waals surface area contributed by atoms with E-state index < -0.39 is 0 Å². The van der Waals surface area contributed by atoms with Gasteiger partial charge >= 0.3 is 0 Å². The first kappa shape index (κ1) is 11.9. The first-order valence-electron chi connectivity index (χ1n) is 4.54. The number of nitrogens with zero attached hydrogens (tertiary/aromatic N) is 1. The lowest BCUT2D eigenvalue weighted by molar-refractivity contribution is 0.617. The molecule has 0 aliphatic carbocycles. The first-order chi connectivity index (χ1) is 6.59. The normalized spacial score (nSPS) is 9.93. The van der Waals surface area contributed by atoms with Crippen molar-refractivity contribution < 1.29 is 0 Å². The average molecular weight is 319 g/mol. The zero-order chi connectivity index (χ0) is 10.6. The Morgan fingerprint density at radius 1 is 1.29 bits per heavy atom. The Labute approximate surface area is 105 Å². The molecule has 1 aromatic carbocycles. The lowest BCUT2D eigenvalue weighted by Gasteiger charge is -2.13. The molecule has 1 aromatic rings. The summed E-state index contributed by atoms with van der Waals surface area (Å²) in [5.74, 6) is 0. The second kappa shape index (κ2) is 5.66. The molecule has 0 heterocycles. The second-order valence-corrected chi connectivity index (χ2v) is 5.13. The summed E-state index contributed by atoms with van der Waals surface area (Å²) >= 11 is 7.54. The molecule has 1 rings (SSSR count). The second-order valence-electron chi connectivity index (χ2n) is 3.41. The van der Waals surface area contributed by atoms with Gasteiger partial charge < -0.3 is 4.90 Å². The molecule has 0 radical (unpaired) electrons. The van der Waals surface area contributed by atoms with Crippen LogP contribution >= 0.6 is 34.8 Å². The van der Waals surface area contributed by atoms with Crippen LogP contribution in [0.25, 0.3) is 0 Å². The summed E-state index contributed by atoms with van der Waals surface area (Å²) in [4.78, 5) is 3.02. The molecule has 0 aliphatic rings. The van der Waals surface area contributed by atoms with Gasteiger partial charge in [-0.05, 0) is 46.7 Å². The van der Waals surface area contributed by atoms with Crippen LogP contribution in [0.4, 0.5) is 0 Å². The van der Waals surface area contributed by atoms with Crippen molar-refractivity contribution in [2.24, 2.45) is 0 Å². The maximum absolute atomic E-state index is 5.23. The predicted molar refractivity (Wildman–Crippen MR) is 73.8 cm³/mol. The van der Waals surface area contributed by atoms with Crippen molar-refractivity contribution in [3.05, 3.63) is 33.4 Å². The third-order valence-corrected chi connectivity index (χ3v) is 3.33. The van der Waals surface area contributed by atoms with E-state index in [4.69, 9.17) is 12.2 Å². The maximum atomic E-state index is 5.23. The molecular weight excluding hydrogens is 305 g/mol. The summed E-state index contributed by atoms with van der Waals surface area (Å²) in [7, 11) is 3.99. The topological polar surface area (TPSA) is 3.24 Å². The number of rotatable bonds is 3. The number of hydrogen-bond donors (Lipinski definition) is 0. The molecule has 0 fully saturated rings. The molecule has 0 atom stereocenters. The highest BCUT2D eigenvalue weighted by atomic mass is 127. The first-order valence-corrected chi connectivity index (χ1v) is 6.03. The van der Waals surface area contributed by atoms with Crippen molar-refractivity contribution in [1.82, 2.24) is 4.90 Å². The van der Waals surface area contributed by atoms with Gasteiger partial charge in [-0.15, -0.1) is 0 Å². The fraction of sp³-hybridized carbons (Fsp3) is 0.364. The fourth-order valence-corrected chi connectivity index (χ4v) is 1.59. The van der Waals surface area contributed by atoms with Crippen LogP contribution in [0.3, 0.4) is 0 Å². The van der Waals surface area contributed by atoms with Crippen LogP contribution in [0.15, 0.2) is 24.3 Å². The summed E-state index contributed by atoms with van der Waals surface area (Å²) in [5.41, 5.74) is 1.36. The van der Waals surface area contributed by atoms with Gasteiger partial charge in [-0.25, -0.2) is 0 Å². The van der Waals surface area contributed by atoms with E-state index in [9.17, 15) is 0 Å². The lowest BCUT2D eigenvalue weighted by atomic mass is 10.1. The Balaban J connectivity index is 2.46. The van der Waals surface area contributed by atoms with Crippen molar-refractivity contribution in [1.29, 1.82) is 0 Å². The zero-order valence-electron chi connectivity index (χ0n) is 8.46. The van der Waals surface area contributed by atoms with Crippen molar-refractivity contribution >= 4 is 39.8 Å². The van der Waals surface area contributed by atoms with Gasteiger partial charge in [0.1, 0.15) is 0 Å². The molecule has 0 unspecified atom stereocenters. The fourth-order valence-electron chi connectivity index (χ4n) is 1.13. The minimum absolute atomic E-state index is 0.961. The largest absolute Gasteiger partial charge is 0.372 e. The summed E-state index contributed by atoms with van der Waals surface area (Å²) < 4.78 is 1.28. The molecule has 0 N–H and O–H groups in total. The van der Waals surface area contributed by atoms with Crippen molar-refractivity contribution in [3.8, 4) is 0 Å². The van der Waals surface area contributed by atoms with Crippen LogP contribution < -0.4 is 0 Å². The Bertz CT molecular complexity index is 306. The highest BCUT2D eigenvalue weighted by Gasteiger charge is 1.99. The highest BCUT2D eigenvalue weighted by molar-refractivity contribution is 14.1.